The molecule has 0 radical (unpaired) electrons. The van der Waals surface area contributed by atoms with Crippen LogP contribution in [0.15, 0.2) is 36.4 Å². The predicted molar refractivity (Wildman–Crippen MR) is 80.2 cm³/mol. The third-order valence-electron chi connectivity index (χ3n) is 3.15. The van der Waals surface area contributed by atoms with E-state index >= 15 is 0 Å². The Morgan fingerprint density at radius 1 is 1.19 bits per heavy atom. The summed E-state index contributed by atoms with van der Waals surface area (Å²) in [4.78, 5) is 15.4. The smallest absolute Gasteiger partial charge is 0.255 e. The molecule has 0 unspecified atom stereocenters. The number of anilines is 1. The summed E-state index contributed by atoms with van der Waals surface area (Å²) in [6.07, 6.45) is 2.15. The van der Waals surface area contributed by atoms with Crippen LogP contribution in [0.5, 0.6) is 0 Å². The van der Waals surface area contributed by atoms with Gasteiger partial charge in [-0.1, -0.05) is 37.6 Å². The minimum Gasteiger partial charge on any atom is -0.383 e. The first kappa shape index (κ1) is 15.0. The highest BCUT2D eigenvalue weighted by molar-refractivity contribution is 5.98. The van der Waals surface area contributed by atoms with Gasteiger partial charge in [0.2, 0.25) is 5.95 Å². The van der Waals surface area contributed by atoms with Crippen LogP contribution in [0.2, 0.25) is 0 Å². The number of rotatable bonds is 5. The van der Waals surface area contributed by atoms with Crippen LogP contribution in [-0.4, -0.2) is 10.9 Å². The number of benzene rings is 1. The van der Waals surface area contributed by atoms with Crippen LogP contribution in [-0.2, 0) is 13.0 Å². The summed E-state index contributed by atoms with van der Waals surface area (Å²) in [6.45, 7) is 2.53. The minimum atomic E-state index is -0.699. The first-order valence-electron chi connectivity index (χ1n) is 6.88. The van der Waals surface area contributed by atoms with Crippen LogP contribution < -0.4 is 11.1 Å². The lowest BCUT2D eigenvalue weighted by Gasteiger charge is -2.08. The minimum absolute atomic E-state index is 0.106. The van der Waals surface area contributed by atoms with E-state index in [1.54, 1.807) is 0 Å². The summed E-state index contributed by atoms with van der Waals surface area (Å²) in [6, 6.07) is 10.5. The Kier molecular flexibility index (Phi) is 4.87. The fraction of sp³-hybridized carbons (Fsp3) is 0.250. The largest absolute Gasteiger partial charge is 0.383 e. The zero-order valence-corrected chi connectivity index (χ0v) is 11.9. The Hall–Kier alpha value is -2.43. The average Bonchev–Trinajstić information content (AvgIpc) is 2.46. The van der Waals surface area contributed by atoms with E-state index in [1.807, 2.05) is 12.1 Å². The van der Waals surface area contributed by atoms with Crippen molar-refractivity contribution >= 4 is 11.7 Å². The molecule has 0 bridgehead atoms. The second-order valence-electron chi connectivity index (χ2n) is 4.82. The number of aromatic nitrogens is 1. The van der Waals surface area contributed by atoms with E-state index in [0.717, 1.165) is 24.5 Å². The van der Waals surface area contributed by atoms with Gasteiger partial charge >= 0.3 is 0 Å². The van der Waals surface area contributed by atoms with Crippen molar-refractivity contribution in [1.29, 1.82) is 0 Å². The van der Waals surface area contributed by atoms with Crippen molar-refractivity contribution in [3.05, 3.63) is 59.0 Å². The molecular formula is C16H18FN3O. The van der Waals surface area contributed by atoms with Crippen molar-refractivity contribution in [2.24, 2.45) is 0 Å². The van der Waals surface area contributed by atoms with Gasteiger partial charge in [0.1, 0.15) is 5.82 Å². The second kappa shape index (κ2) is 6.83. The van der Waals surface area contributed by atoms with Crippen LogP contribution in [0.4, 0.5) is 10.2 Å². The molecule has 21 heavy (non-hydrogen) atoms. The first-order chi connectivity index (χ1) is 10.1. The number of aryl methyl sites for hydroxylation is 1. The molecule has 1 amide bonds. The summed E-state index contributed by atoms with van der Waals surface area (Å²) in [5, 5.41) is 2.75. The summed E-state index contributed by atoms with van der Waals surface area (Å²) in [5.41, 5.74) is 7.99. The Morgan fingerprint density at radius 2 is 1.86 bits per heavy atom. The number of halogens is 1. The van der Waals surface area contributed by atoms with Crippen LogP contribution in [0, 0.1) is 5.95 Å². The van der Waals surface area contributed by atoms with Gasteiger partial charge < -0.3 is 11.1 Å². The molecule has 0 fully saturated rings. The molecule has 5 heteroatoms. The van der Waals surface area contributed by atoms with Gasteiger partial charge in [-0.15, -0.1) is 0 Å². The Bertz CT molecular complexity index is 626. The first-order valence-corrected chi connectivity index (χ1v) is 6.88. The van der Waals surface area contributed by atoms with Gasteiger partial charge in [0.25, 0.3) is 5.91 Å². The lowest BCUT2D eigenvalue weighted by molar-refractivity contribution is 0.0951. The zero-order chi connectivity index (χ0) is 15.2. The van der Waals surface area contributed by atoms with E-state index in [4.69, 9.17) is 5.73 Å². The van der Waals surface area contributed by atoms with Gasteiger partial charge in [0.05, 0.1) is 5.56 Å². The molecule has 2 aromatic rings. The molecule has 110 valence electrons. The van der Waals surface area contributed by atoms with E-state index in [-0.39, 0.29) is 17.3 Å². The van der Waals surface area contributed by atoms with Crippen molar-refractivity contribution in [1.82, 2.24) is 10.3 Å². The molecule has 0 aliphatic carbocycles. The van der Waals surface area contributed by atoms with Crippen molar-refractivity contribution in [2.45, 2.75) is 26.3 Å². The molecule has 0 aliphatic heterocycles. The maximum absolute atomic E-state index is 12.8. The predicted octanol–water partition coefficient (Wildman–Crippen LogP) is 2.69. The number of hydrogen-bond acceptors (Lipinski definition) is 3. The van der Waals surface area contributed by atoms with E-state index in [9.17, 15) is 9.18 Å². The molecule has 2 rings (SSSR count). The number of pyridine rings is 1. The fourth-order valence-corrected chi connectivity index (χ4v) is 2.03. The van der Waals surface area contributed by atoms with Crippen molar-refractivity contribution < 1.29 is 9.18 Å². The quantitative estimate of drug-likeness (QED) is 0.831. The number of nitrogens with zero attached hydrogens (tertiary/aromatic N) is 1. The lowest BCUT2D eigenvalue weighted by atomic mass is 10.1. The summed E-state index contributed by atoms with van der Waals surface area (Å²) in [7, 11) is 0. The number of carbonyl (C=O) groups excluding carboxylic acids is 1. The van der Waals surface area contributed by atoms with E-state index < -0.39 is 5.95 Å². The Morgan fingerprint density at radius 3 is 2.48 bits per heavy atom. The summed E-state index contributed by atoms with van der Waals surface area (Å²) >= 11 is 0. The molecule has 0 atom stereocenters. The third kappa shape index (κ3) is 4.02. The van der Waals surface area contributed by atoms with Gasteiger partial charge in [-0.2, -0.15) is 4.39 Å². The van der Waals surface area contributed by atoms with Crippen LogP contribution in [0.25, 0.3) is 0 Å². The molecule has 0 saturated heterocycles. The molecule has 0 saturated carbocycles. The van der Waals surface area contributed by atoms with Crippen LogP contribution in [0.1, 0.15) is 34.8 Å². The van der Waals surface area contributed by atoms with Gasteiger partial charge in [0, 0.05) is 6.54 Å². The Labute approximate surface area is 123 Å². The number of nitrogens with one attached hydrogen (secondary N) is 1. The number of nitrogens with two attached hydrogens (primary N) is 1. The van der Waals surface area contributed by atoms with Gasteiger partial charge in [-0.25, -0.2) is 4.98 Å². The molecule has 3 N–H and O–H groups in total. The normalized spacial score (nSPS) is 10.4. The highest BCUT2D eigenvalue weighted by Crippen LogP contribution is 2.10. The van der Waals surface area contributed by atoms with Gasteiger partial charge in [0.15, 0.2) is 0 Å². The summed E-state index contributed by atoms with van der Waals surface area (Å²) in [5.74, 6) is -1.17. The van der Waals surface area contributed by atoms with Gasteiger partial charge in [-0.05, 0) is 29.7 Å². The molecular weight excluding hydrogens is 269 g/mol. The highest BCUT2D eigenvalue weighted by atomic mass is 19.1. The van der Waals surface area contributed by atoms with Crippen molar-refractivity contribution in [3.63, 3.8) is 0 Å². The number of amides is 1. The van der Waals surface area contributed by atoms with Crippen LogP contribution in [0.3, 0.4) is 0 Å². The standard InChI is InChI=1S/C16H18FN3O/c1-2-3-11-4-6-12(7-5-11)10-19-16(21)13-8-9-14(17)20-15(13)18/h4-9H,2-3,10H2,1H3,(H2,18,20)(H,19,21). The maximum atomic E-state index is 12.8. The Balaban J connectivity index is 1.97. The van der Waals surface area contributed by atoms with Crippen molar-refractivity contribution in [2.75, 3.05) is 5.73 Å². The SMILES string of the molecule is CCCc1ccc(CNC(=O)c2ccc(F)nc2N)cc1. The fourth-order valence-electron chi connectivity index (χ4n) is 2.03. The van der Waals surface area contributed by atoms with E-state index in [1.165, 1.54) is 11.6 Å². The molecule has 4 nitrogen and oxygen atoms in total. The molecule has 1 heterocycles. The van der Waals surface area contributed by atoms with Crippen molar-refractivity contribution in [3.8, 4) is 0 Å². The van der Waals surface area contributed by atoms with E-state index in [2.05, 4.69) is 29.4 Å². The van der Waals surface area contributed by atoms with E-state index in [0.29, 0.717) is 6.54 Å². The maximum Gasteiger partial charge on any atom is 0.255 e. The van der Waals surface area contributed by atoms with Gasteiger partial charge in [-0.3, -0.25) is 4.79 Å². The molecule has 0 spiro atoms. The zero-order valence-electron chi connectivity index (χ0n) is 11.9. The van der Waals surface area contributed by atoms with Crippen LogP contribution >= 0.6 is 0 Å². The second-order valence-corrected chi connectivity index (χ2v) is 4.82. The average molecular weight is 287 g/mol. The summed E-state index contributed by atoms with van der Waals surface area (Å²) < 4.78 is 12.8. The highest BCUT2D eigenvalue weighted by Gasteiger charge is 2.11. The number of hydrogen-bond donors (Lipinski definition) is 2. The lowest BCUT2D eigenvalue weighted by Crippen LogP contribution is -2.24. The molecule has 1 aromatic heterocycles. The molecule has 1 aromatic carbocycles. The number of nitrogen functional groups attached to an aromatic ring is 1. The number of carbonyl (C=O) groups is 1. The topological polar surface area (TPSA) is 68.0 Å². The monoisotopic (exact) mass is 287 g/mol. The molecule has 0 aliphatic rings. The third-order valence-corrected chi connectivity index (χ3v) is 3.15.